The van der Waals surface area contributed by atoms with Gasteiger partial charge in [-0.15, -0.1) is 0 Å². The first-order chi connectivity index (χ1) is 58.3. The molecule has 0 aliphatic heterocycles. The van der Waals surface area contributed by atoms with Crippen molar-refractivity contribution in [3.63, 3.8) is 0 Å². The highest BCUT2D eigenvalue weighted by Gasteiger charge is 2.62. The van der Waals surface area contributed by atoms with E-state index in [9.17, 15) is 0 Å². The molecule has 0 nitrogen and oxygen atoms in total. The lowest BCUT2D eigenvalue weighted by Gasteiger charge is -2.61. The zero-order valence-corrected chi connectivity index (χ0v) is 86.2. The molecule has 0 heteroatoms. The van der Waals surface area contributed by atoms with Crippen LogP contribution in [0.1, 0.15) is 608 Å². The summed E-state index contributed by atoms with van der Waals surface area (Å²) in [6.07, 6.45) is 112. The third kappa shape index (κ3) is 36.9. The minimum absolute atomic E-state index is 0.944. The molecule has 9 unspecified atom stereocenters. The minimum atomic E-state index is 0.944. The average molecular weight is 1650 g/mol. The summed E-state index contributed by atoms with van der Waals surface area (Å²) in [4.78, 5) is 0. The first-order valence-corrected chi connectivity index (χ1v) is 58.3. The second-order valence-electron chi connectivity index (χ2n) is 42.8. The van der Waals surface area contributed by atoms with E-state index in [0.29, 0.717) is 0 Å². The highest BCUT2D eigenvalue weighted by atomic mass is 14.7. The first kappa shape index (κ1) is 110. The number of rotatable bonds is 0. The Morgan fingerprint density at radius 3 is 0.466 bits per heavy atom. The third-order valence-corrected chi connectivity index (χ3v) is 37.0. The summed E-state index contributed by atoms with van der Waals surface area (Å²) in [6, 6.07) is 0. The van der Waals surface area contributed by atoms with Crippen molar-refractivity contribution >= 4 is 0 Å². The van der Waals surface area contributed by atoms with E-state index in [2.05, 4.69) is 6.92 Å². The van der Waals surface area contributed by atoms with Crippen molar-refractivity contribution in [3.8, 4) is 0 Å². The summed E-state index contributed by atoms with van der Waals surface area (Å²) >= 11 is 0. The van der Waals surface area contributed by atoms with E-state index in [1.165, 1.54) is 155 Å². The maximum atomic E-state index is 2.38. The largest absolute Gasteiger partial charge is 0.0683 e. The normalized spacial score (nSPS) is 39.5. The van der Waals surface area contributed by atoms with Gasteiger partial charge in [-0.2, -0.15) is 0 Å². The van der Waals surface area contributed by atoms with Crippen LogP contribution < -0.4 is 0 Å². The van der Waals surface area contributed by atoms with E-state index in [1.54, 1.807) is 366 Å². The molecule has 28 saturated carbocycles. The standard InChI is InChI=1S/C12H22.C11H20.C10H16.2C10H18.C9H14.C9H16.C8H14.C7H12.2C6H10.10C2H6/c1-2-6-11-8-4-5-9-12(10-11)7-3-1;1-2-6-11-8-4-3-7-10(5-1)9-11;1-3-8-7-9-4-2-6-10(8,9)5-1;1-3-9-5-2-6-10(4-1)8-7-9;1-2-5-10-7-3-6-9(4-1)8-10;1-2-7-6-8-3-5-9(7,8)4-1;1-2-8-4-6-9(3-1)7-5-8;1-2-8-5-3-7(1)4-6-8;1-2-7-4-3-6(1)5-7;1-4-5-2-6(4)3-5;1-2-6-3-5(1)4-6;10*1-2/h11-12H,1-10H2;10-11H,1-9H2;8-9H,1-7H2;2*9-10H,1-8H2;7-8H,1-6H2;8-9H,1-7H2;7-8H,1-6H2;6-7H,1-5H2;4-6H,2-3H2,1H3;5-6H,1-4H2;10*1-2H3. The predicted molar refractivity (Wildman–Crippen MR) is 537 cm³/mol. The Morgan fingerprint density at radius 2 is 0.288 bits per heavy atom. The van der Waals surface area contributed by atoms with Gasteiger partial charge in [0.15, 0.2) is 0 Å². The molecule has 9 atom stereocenters. The molecule has 2 spiro atoms. The minimum Gasteiger partial charge on any atom is -0.0683 e. The Balaban J connectivity index is 0.000000268. The highest BCUT2D eigenvalue weighted by Crippen LogP contribution is 2.72. The second-order valence-corrected chi connectivity index (χ2v) is 42.8. The number of hydrogen-bond acceptors (Lipinski definition) is 0. The van der Waals surface area contributed by atoms with Crippen molar-refractivity contribution in [2.45, 2.75) is 608 Å². The van der Waals surface area contributed by atoms with Gasteiger partial charge < -0.3 is 0 Å². The van der Waals surface area contributed by atoms with E-state index in [1.807, 2.05) is 138 Å². The summed E-state index contributed by atoms with van der Waals surface area (Å²) in [5.74, 6) is 26.6. The van der Waals surface area contributed by atoms with Crippen LogP contribution in [0.2, 0.25) is 0 Å². The lowest BCUT2D eigenvalue weighted by atomic mass is 9.43. The lowest BCUT2D eigenvalue weighted by Crippen LogP contribution is -2.53. The predicted octanol–water partition coefficient (Wildman–Crippen LogP) is 41.7. The van der Waals surface area contributed by atoms with Gasteiger partial charge in [0, 0.05) is 0 Å². The molecule has 118 heavy (non-hydrogen) atoms. The van der Waals surface area contributed by atoms with Crippen molar-refractivity contribution in [2.24, 2.45) is 147 Å². The molecule has 28 aliphatic carbocycles. The quantitative estimate of drug-likeness (QED) is 0.227. The molecule has 0 aromatic heterocycles. The Labute approximate surface area is 749 Å². The van der Waals surface area contributed by atoms with Crippen molar-refractivity contribution in [2.75, 3.05) is 0 Å². The molecular formula is C118H230. The molecule has 0 saturated heterocycles. The molecule has 0 aromatic carbocycles. The molecule has 0 radical (unpaired) electrons. The van der Waals surface area contributed by atoms with Crippen molar-refractivity contribution in [1.29, 1.82) is 0 Å². The van der Waals surface area contributed by atoms with E-state index in [4.69, 9.17) is 0 Å². The van der Waals surface area contributed by atoms with Gasteiger partial charge in [0.1, 0.15) is 0 Å². The van der Waals surface area contributed by atoms with E-state index < -0.39 is 0 Å². The molecule has 0 aromatic rings. The smallest absolute Gasteiger partial charge is 0.0241 e. The van der Waals surface area contributed by atoms with E-state index in [0.717, 1.165) is 87.8 Å². The van der Waals surface area contributed by atoms with Crippen LogP contribution in [0.5, 0.6) is 0 Å². The molecule has 0 N–H and O–H groups in total. The Hall–Kier alpha value is 0. The fraction of sp³-hybridized carbons (Fsp3) is 1.00. The van der Waals surface area contributed by atoms with E-state index >= 15 is 0 Å². The van der Waals surface area contributed by atoms with Crippen LogP contribution in [-0.4, -0.2) is 0 Å². The van der Waals surface area contributed by atoms with Gasteiger partial charge >= 0.3 is 0 Å². The molecule has 0 heterocycles. The van der Waals surface area contributed by atoms with Crippen LogP contribution in [-0.2, 0) is 0 Å². The van der Waals surface area contributed by atoms with Gasteiger partial charge in [-0.05, 0) is 263 Å². The SMILES string of the molecule is C1CC2CC1C2.C1CC2CC3CCC23C1.C1CC2CC3CCCC23C1.C1CC2CCC(C1)CC2.C1CC2CCC1C2.C1CC2CCC1CC2.C1CC2CCCC(C1)CC2.C1CCC2CCCC(C1)C2.C1CCC2CCCCC(C1)C2.C1CCC2CCCCC(CC1)C2.CC.CC.CC.CC.CC.CC.CC.CC.CC.CC.CC1C2CC1C2. The first-order valence-electron chi connectivity index (χ1n) is 58.3. The van der Waals surface area contributed by atoms with Crippen LogP contribution >= 0.6 is 0 Å². The van der Waals surface area contributed by atoms with Crippen LogP contribution in [0.3, 0.4) is 0 Å². The maximum Gasteiger partial charge on any atom is -0.0241 e. The topological polar surface area (TPSA) is 0 Å². The Kier molecular flexibility index (Phi) is 62.9. The number of fused-ring (bicyclic) bond motifs is 19. The van der Waals surface area contributed by atoms with Gasteiger partial charge in [0.2, 0.25) is 0 Å². The molecule has 28 aliphatic rings. The third-order valence-electron chi connectivity index (χ3n) is 37.0. The molecule has 18 bridgehead atoms. The molecular weight excluding hydrogens is 1420 g/mol. The average Bonchev–Trinajstić information content (AvgIpc) is 1.50. The van der Waals surface area contributed by atoms with Crippen LogP contribution in [0, 0.1) is 147 Å². The summed E-state index contributed by atoms with van der Waals surface area (Å²) in [5, 5.41) is 0. The van der Waals surface area contributed by atoms with Crippen LogP contribution in [0.25, 0.3) is 0 Å². The van der Waals surface area contributed by atoms with Crippen molar-refractivity contribution < 1.29 is 0 Å². The Morgan fingerprint density at radius 1 is 0.127 bits per heavy atom. The van der Waals surface area contributed by atoms with Crippen LogP contribution in [0.4, 0.5) is 0 Å². The molecule has 0 amide bonds. The van der Waals surface area contributed by atoms with Crippen molar-refractivity contribution in [1.82, 2.24) is 0 Å². The zero-order chi connectivity index (χ0) is 86.2. The highest BCUT2D eigenvalue weighted by molar-refractivity contribution is 5.12. The van der Waals surface area contributed by atoms with E-state index in [-0.39, 0.29) is 0 Å². The summed E-state index contributed by atoms with van der Waals surface area (Å²) < 4.78 is 0. The monoisotopic (exact) mass is 1650 g/mol. The van der Waals surface area contributed by atoms with Gasteiger partial charge in [0.25, 0.3) is 0 Å². The van der Waals surface area contributed by atoms with Gasteiger partial charge in [-0.1, -0.05) is 492 Å². The maximum absolute atomic E-state index is 2.38. The summed E-state index contributed by atoms with van der Waals surface area (Å²) in [5.41, 5.74) is 1.92. The summed E-state index contributed by atoms with van der Waals surface area (Å²) in [6.45, 7) is 42.4. The molecule has 702 valence electrons. The number of hydrogen-bond donors (Lipinski definition) is 0. The van der Waals surface area contributed by atoms with Crippen LogP contribution in [0.15, 0.2) is 0 Å². The Bertz CT molecular complexity index is 2020. The zero-order valence-electron chi connectivity index (χ0n) is 86.2. The lowest BCUT2D eigenvalue weighted by molar-refractivity contribution is -0.119. The summed E-state index contributed by atoms with van der Waals surface area (Å²) in [7, 11) is 0. The van der Waals surface area contributed by atoms with Gasteiger partial charge in [-0.25, -0.2) is 0 Å². The molecule has 28 fully saturated rings. The molecule has 28 rings (SSSR count). The van der Waals surface area contributed by atoms with Crippen molar-refractivity contribution in [3.05, 3.63) is 0 Å². The fourth-order valence-electron chi connectivity index (χ4n) is 29.7. The van der Waals surface area contributed by atoms with Gasteiger partial charge in [-0.3, -0.25) is 0 Å². The fourth-order valence-corrected chi connectivity index (χ4v) is 29.7. The van der Waals surface area contributed by atoms with Gasteiger partial charge in [0.05, 0.1) is 0 Å². The second kappa shape index (κ2) is 67.3.